The molecule has 1 aromatic carbocycles. The highest BCUT2D eigenvalue weighted by Crippen LogP contribution is 2.21. The van der Waals surface area contributed by atoms with Crippen LogP contribution in [0.15, 0.2) is 18.2 Å². The summed E-state index contributed by atoms with van der Waals surface area (Å²) in [6.07, 6.45) is 2.54. The van der Waals surface area contributed by atoms with Gasteiger partial charge in [-0.3, -0.25) is 4.79 Å². The van der Waals surface area contributed by atoms with Gasteiger partial charge >= 0.3 is 5.97 Å². The van der Waals surface area contributed by atoms with Crippen molar-refractivity contribution in [3.05, 3.63) is 29.6 Å². The maximum Gasteiger partial charge on any atom is 0.308 e. The minimum absolute atomic E-state index is 0.155. The second-order valence-electron chi connectivity index (χ2n) is 4.62. The molecule has 0 saturated heterocycles. The minimum Gasteiger partial charge on any atom is -0.493 e. The van der Waals surface area contributed by atoms with Gasteiger partial charge in [0.25, 0.3) is 0 Å². The van der Waals surface area contributed by atoms with Crippen molar-refractivity contribution in [2.75, 3.05) is 13.7 Å². The molecule has 104 valence electrons. The number of rotatable bonds is 7. The number of hydrogen-bond donors (Lipinski definition) is 1. The smallest absolute Gasteiger partial charge is 0.308 e. The molecular formula is C14H18FNO3. The van der Waals surface area contributed by atoms with Gasteiger partial charge in [0.2, 0.25) is 0 Å². The zero-order valence-electron chi connectivity index (χ0n) is 10.9. The molecule has 0 heterocycles. The fraction of sp³-hybridized carbons (Fsp3) is 0.500. The summed E-state index contributed by atoms with van der Waals surface area (Å²) in [7, 11) is 1.33. The molecule has 1 fully saturated rings. The fourth-order valence-corrected chi connectivity index (χ4v) is 1.71. The molecule has 1 aliphatic carbocycles. The highest BCUT2D eigenvalue weighted by atomic mass is 19.1. The molecule has 5 heteroatoms. The number of carbonyl (C=O) groups is 1. The first-order valence-corrected chi connectivity index (χ1v) is 6.40. The van der Waals surface area contributed by atoms with Gasteiger partial charge in [0.1, 0.15) is 11.6 Å². The van der Waals surface area contributed by atoms with Crippen LogP contribution in [0.25, 0.3) is 0 Å². The molecule has 2 rings (SSSR count). The summed E-state index contributed by atoms with van der Waals surface area (Å²) in [6.45, 7) is 0.821. The largest absolute Gasteiger partial charge is 0.493 e. The van der Waals surface area contributed by atoms with Crippen LogP contribution in [0, 0.1) is 5.82 Å². The number of nitrogens with one attached hydrogen (secondary N) is 1. The van der Waals surface area contributed by atoms with Gasteiger partial charge in [0.05, 0.1) is 20.1 Å². The lowest BCUT2D eigenvalue weighted by Crippen LogP contribution is -2.15. The summed E-state index contributed by atoms with van der Waals surface area (Å²) in [5, 5.41) is 3.31. The topological polar surface area (TPSA) is 47.6 Å². The van der Waals surface area contributed by atoms with E-state index in [1.54, 1.807) is 6.07 Å². The number of carbonyl (C=O) groups excluding carboxylic acids is 1. The summed E-state index contributed by atoms with van der Waals surface area (Å²) in [5.41, 5.74) is 0.847. The molecule has 0 unspecified atom stereocenters. The van der Waals surface area contributed by atoms with E-state index in [-0.39, 0.29) is 24.8 Å². The number of halogens is 1. The summed E-state index contributed by atoms with van der Waals surface area (Å²) in [4.78, 5) is 10.9. The van der Waals surface area contributed by atoms with Crippen LogP contribution < -0.4 is 10.1 Å². The predicted molar refractivity (Wildman–Crippen MR) is 68.4 cm³/mol. The van der Waals surface area contributed by atoms with E-state index in [1.165, 1.54) is 32.1 Å². The zero-order valence-corrected chi connectivity index (χ0v) is 10.9. The van der Waals surface area contributed by atoms with E-state index in [9.17, 15) is 9.18 Å². The Bertz CT molecular complexity index is 446. The predicted octanol–water partition coefficient (Wildman–Crippen LogP) is 2.02. The zero-order chi connectivity index (χ0) is 13.7. The molecule has 0 amide bonds. The van der Waals surface area contributed by atoms with Crippen molar-refractivity contribution >= 4 is 5.97 Å². The maximum absolute atomic E-state index is 13.4. The van der Waals surface area contributed by atoms with Crippen LogP contribution in [0.1, 0.15) is 24.8 Å². The number of methoxy groups -OCH3 is 1. The Balaban J connectivity index is 1.85. The molecule has 0 aliphatic heterocycles. The molecule has 1 saturated carbocycles. The van der Waals surface area contributed by atoms with Gasteiger partial charge in [-0.25, -0.2) is 4.39 Å². The normalized spacial score (nSPS) is 14.2. The van der Waals surface area contributed by atoms with Crippen LogP contribution in [0.4, 0.5) is 4.39 Å². The van der Waals surface area contributed by atoms with Crippen LogP contribution in [0.5, 0.6) is 5.75 Å². The van der Waals surface area contributed by atoms with Crippen molar-refractivity contribution in [1.82, 2.24) is 5.32 Å². The Labute approximate surface area is 111 Å². The molecule has 1 N–H and O–H groups in total. The van der Waals surface area contributed by atoms with Crippen molar-refractivity contribution < 1.29 is 18.7 Å². The summed E-state index contributed by atoms with van der Waals surface area (Å²) >= 11 is 0. The van der Waals surface area contributed by atoms with Crippen molar-refractivity contribution in [3.63, 3.8) is 0 Å². The molecule has 0 atom stereocenters. The molecule has 1 aromatic rings. The average molecular weight is 267 g/mol. The van der Waals surface area contributed by atoms with E-state index in [0.29, 0.717) is 18.3 Å². The first kappa shape index (κ1) is 13.8. The van der Waals surface area contributed by atoms with Gasteiger partial charge in [-0.2, -0.15) is 0 Å². The van der Waals surface area contributed by atoms with E-state index in [2.05, 4.69) is 10.1 Å². The van der Waals surface area contributed by atoms with E-state index in [1.807, 2.05) is 0 Å². The number of esters is 1. The second kappa shape index (κ2) is 6.52. The van der Waals surface area contributed by atoms with Gasteiger partial charge in [-0.1, -0.05) is 0 Å². The van der Waals surface area contributed by atoms with Crippen molar-refractivity contribution in [2.45, 2.75) is 31.8 Å². The Morgan fingerprint density at radius 1 is 1.42 bits per heavy atom. The summed E-state index contributed by atoms with van der Waals surface area (Å²) in [6, 6.07) is 5.17. The van der Waals surface area contributed by atoms with Crippen LogP contribution in [-0.4, -0.2) is 25.7 Å². The summed E-state index contributed by atoms with van der Waals surface area (Å²) < 4.78 is 23.3. The quantitative estimate of drug-likeness (QED) is 0.768. The van der Waals surface area contributed by atoms with Gasteiger partial charge in [0.15, 0.2) is 0 Å². The Morgan fingerprint density at radius 2 is 2.21 bits per heavy atom. The Hall–Kier alpha value is -1.62. The van der Waals surface area contributed by atoms with Crippen LogP contribution in [0.2, 0.25) is 0 Å². The standard InChI is InChI=1S/C14H18FNO3/c1-18-14(17)4-5-19-13-7-10(6-11(15)8-13)9-16-12-2-3-12/h6-8,12,16H,2-5,9H2,1H3. The first-order chi connectivity index (χ1) is 9.17. The van der Waals surface area contributed by atoms with Crippen LogP contribution in [0.3, 0.4) is 0 Å². The molecular weight excluding hydrogens is 249 g/mol. The molecule has 0 bridgehead atoms. The fourth-order valence-electron chi connectivity index (χ4n) is 1.71. The lowest BCUT2D eigenvalue weighted by Gasteiger charge is -2.09. The van der Waals surface area contributed by atoms with Gasteiger partial charge < -0.3 is 14.8 Å². The number of benzene rings is 1. The SMILES string of the molecule is COC(=O)CCOc1cc(F)cc(CNC2CC2)c1. The first-order valence-electron chi connectivity index (χ1n) is 6.40. The molecule has 0 spiro atoms. The van der Waals surface area contributed by atoms with Gasteiger partial charge in [-0.05, 0) is 30.5 Å². The monoisotopic (exact) mass is 267 g/mol. The van der Waals surface area contributed by atoms with Gasteiger partial charge in [-0.15, -0.1) is 0 Å². The highest BCUT2D eigenvalue weighted by Gasteiger charge is 2.20. The van der Waals surface area contributed by atoms with E-state index >= 15 is 0 Å². The van der Waals surface area contributed by atoms with E-state index < -0.39 is 0 Å². The third-order valence-electron chi connectivity index (χ3n) is 2.91. The third-order valence-corrected chi connectivity index (χ3v) is 2.91. The number of hydrogen-bond acceptors (Lipinski definition) is 4. The second-order valence-corrected chi connectivity index (χ2v) is 4.62. The van der Waals surface area contributed by atoms with Gasteiger partial charge in [0, 0.05) is 18.7 Å². The molecule has 0 aromatic heterocycles. The summed E-state index contributed by atoms with van der Waals surface area (Å²) in [5.74, 6) is -0.230. The third kappa shape index (κ3) is 4.87. The molecule has 0 radical (unpaired) electrons. The van der Waals surface area contributed by atoms with Crippen LogP contribution >= 0.6 is 0 Å². The Morgan fingerprint density at radius 3 is 2.89 bits per heavy atom. The maximum atomic E-state index is 13.4. The lowest BCUT2D eigenvalue weighted by atomic mass is 10.2. The minimum atomic E-state index is -0.341. The van der Waals surface area contributed by atoms with E-state index in [4.69, 9.17) is 4.74 Å². The average Bonchev–Trinajstić information content (AvgIpc) is 3.19. The lowest BCUT2D eigenvalue weighted by molar-refractivity contribution is -0.141. The van der Waals surface area contributed by atoms with E-state index in [0.717, 1.165) is 5.56 Å². The van der Waals surface area contributed by atoms with Crippen LogP contribution in [-0.2, 0) is 16.1 Å². The molecule has 4 nitrogen and oxygen atoms in total. The Kier molecular flexibility index (Phi) is 4.74. The number of ether oxygens (including phenoxy) is 2. The van der Waals surface area contributed by atoms with Crippen molar-refractivity contribution in [1.29, 1.82) is 0 Å². The van der Waals surface area contributed by atoms with Crippen molar-refractivity contribution in [2.24, 2.45) is 0 Å². The van der Waals surface area contributed by atoms with Crippen molar-refractivity contribution in [3.8, 4) is 5.75 Å². The highest BCUT2D eigenvalue weighted by molar-refractivity contribution is 5.69. The molecule has 19 heavy (non-hydrogen) atoms. The molecule has 1 aliphatic rings.